The summed E-state index contributed by atoms with van der Waals surface area (Å²) in [5.41, 5.74) is 0.0202. The molecule has 32 heavy (non-hydrogen) atoms. The fourth-order valence-electron chi connectivity index (χ4n) is 2.73. The first-order chi connectivity index (χ1) is 14.9. The minimum absolute atomic E-state index is 0.0741. The number of carbonyl (C=O) groups is 1. The Hall–Kier alpha value is -3.14. The number of hydrogen-bond donors (Lipinski definition) is 2. The first kappa shape index (κ1) is 26.9. The molecule has 0 saturated carbocycles. The lowest BCUT2D eigenvalue weighted by atomic mass is 10.1. The van der Waals surface area contributed by atoms with E-state index < -0.39 is 23.6 Å². The largest absolute Gasteiger partial charge is 0.419 e. The predicted octanol–water partition coefficient (Wildman–Crippen LogP) is 5.36. The Labute approximate surface area is 185 Å². The van der Waals surface area contributed by atoms with Crippen LogP contribution in [0.4, 0.5) is 22.4 Å². The molecule has 1 aliphatic rings. The molecule has 0 aliphatic heterocycles. The summed E-state index contributed by atoms with van der Waals surface area (Å²) in [5.74, 6) is 3.99. The van der Waals surface area contributed by atoms with Crippen LogP contribution < -0.4 is 11.2 Å². The zero-order chi connectivity index (χ0) is 24.5. The molecule has 0 aromatic rings. The molecule has 0 saturated heterocycles. The fraction of sp³-hybridized carbons (Fsp3) is 0.364. The number of allylic oxidation sites excluding steroid dienone is 10. The third-order valence-electron chi connectivity index (χ3n) is 4.39. The molecule has 1 aliphatic carbocycles. The molecule has 0 aromatic heterocycles. The molecule has 6 nitrogen and oxygen atoms in total. The average molecular weight is 456 g/mol. The smallest absolute Gasteiger partial charge is 0.391 e. The number of carbonyl (C=O) groups excluding carboxylic acids is 1. The Morgan fingerprint density at radius 1 is 1.38 bits per heavy atom. The molecule has 3 N–H and O–H groups in total. The Bertz CT molecular complexity index is 921. The van der Waals surface area contributed by atoms with Gasteiger partial charge in [-0.3, -0.25) is 5.01 Å². The van der Waals surface area contributed by atoms with Crippen LogP contribution in [0, 0.1) is 0 Å². The number of hydrazine groups is 1. The van der Waals surface area contributed by atoms with Crippen LogP contribution in [0.5, 0.6) is 0 Å². The second-order valence-electron chi connectivity index (χ2n) is 6.84. The zero-order valence-electron chi connectivity index (χ0n) is 18.7. The second kappa shape index (κ2) is 12.0. The van der Waals surface area contributed by atoms with Crippen LogP contribution in [-0.4, -0.2) is 36.6 Å². The molecule has 0 radical (unpaired) electrons. The van der Waals surface area contributed by atoms with Crippen LogP contribution in [0.1, 0.15) is 34.1 Å². The third kappa shape index (κ3) is 7.52. The van der Waals surface area contributed by atoms with Gasteiger partial charge in [-0.1, -0.05) is 41.6 Å². The third-order valence-corrected chi connectivity index (χ3v) is 4.39. The topological polar surface area (TPSA) is 80.0 Å². The molecule has 0 aromatic carbocycles. The van der Waals surface area contributed by atoms with Crippen LogP contribution in [0.25, 0.3) is 0 Å². The summed E-state index contributed by atoms with van der Waals surface area (Å²) < 4.78 is 54.2. The van der Waals surface area contributed by atoms with Gasteiger partial charge in [0.05, 0.1) is 11.3 Å². The van der Waals surface area contributed by atoms with Crippen molar-refractivity contribution in [1.82, 2.24) is 10.3 Å². The van der Waals surface area contributed by atoms with Crippen molar-refractivity contribution >= 4 is 11.7 Å². The number of oxime groups is 1. The number of nitrogens with zero attached hydrogens (tertiary/aromatic N) is 2. The van der Waals surface area contributed by atoms with Crippen molar-refractivity contribution in [3.8, 4) is 0 Å². The van der Waals surface area contributed by atoms with E-state index >= 15 is 0 Å². The van der Waals surface area contributed by atoms with E-state index in [2.05, 4.69) is 10.5 Å². The minimum atomic E-state index is -4.87. The lowest BCUT2D eigenvalue weighted by Crippen LogP contribution is -2.41. The van der Waals surface area contributed by atoms with Crippen LogP contribution in [0.2, 0.25) is 0 Å². The molecule has 0 heterocycles. The summed E-state index contributed by atoms with van der Waals surface area (Å²) in [6.07, 6.45) is 4.12. The number of alkyl halides is 3. The highest BCUT2D eigenvalue weighted by Gasteiger charge is 2.36. The summed E-state index contributed by atoms with van der Waals surface area (Å²) >= 11 is 0. The number of rotatable bonds is 7. The Kier molecular flexibility index (Phi) is 10.1. The molecular weight excluding hydrogens is 428 g/mol. The van der Waals surface area contributed by atoms with E-state index in [9.17, 15) is 22.4 Å². The van der Waals surface area contributed by atoms with Gasteiger partial charge in [-0.15, -0.1) is 0 Å². The van der Waals surface area contributed by atoms with Crippen molar-refractivity contribution in [2.45, 2.75) is 40.3 Å². The van der Waals surface area contributed by atoms with E-state index in [1.165, 1.54) is 33.9 Å². The fourth-order valence-corrected chi connectivity index (χ4v) is 2.73. The average Bonchev–Trinajstić information content (AvgIpc) is 2.87. The summed E-state index contributed by atoms with van der Waals surface area (Å²) in [4.78, 5) is 17.3. The molecule has 1 rings (SSSR count). The number of halogens is 4. The van der Waals surface area contributed by atoms with Gasteiger partial charge >= 0.3 is 12.2 Å². The van der Waals surface area contributed by atoms with Crippen molar-refractivity contribution in [3.05, 3.63) is 70.3 Å². The first-order valence-electron chi connectivity index (χ1n) is 9.73. The molecule has 0 unspecified atom stereocenters. The SMILES string of the molecule is C\C=C/C(=C(F)\C(=C/C)C(C)=NOCC1=C(C)C=CCC=C1NC(=O)N(C)N)C(F)(F)F. The highest BCUT2D eigenvalue weighted by Crippen LogP contribution is 2.33. The number of nitrogens with one attached hydrogen (secondary N) is 1. The van der Waals surface area contributed by atoms with E-state index in [4.69, 9.17) is 10.7 Å². The van der Waals surface area contributed by atoms with Gasteiger partial charge in [-0.05, 0) is 39.7 Å². The highest BCUT2D eigenvalue weighted by atomic mass is 19.4. The second-order valence-corrected chi connectivity index (χ2v) is 6.84. The quantitative estimate of drug-likeness (QED) is 0.135. The molecule has 176 valence electrons. The van der Waals surface area contributed by atoms with Crippen LogP contribution >= 0.6 is 0 Å². The molecule has 0 fully saturated rings. The maximum Gasteiger partial charge on any atom is 0.419 e. The van der Waals surface area contributed by atoms with Gasteiger partial charge in [0, 0.05) is 23.9 Å². The normalized spacial score (nSPS) is 16.6. The van der Waals surface area contributed by atoms with E-state index in [0.29, 0.717) is 23.8 Å². The number of hydrogen-bond acceptors (Lipinski definition) is 4. The number of nitrogens with two attached hydrogens (primary N) is 1. The van der Waals surface area contributed by atoms with E-state index in [0.717, 1.165) is 16.7 Å². The summed E-state index contributed by atoms with van der Waals surface area (Å²) in [6, 6.07) is -0.546. The molecule has 0 spiro atoms. The van der Waals surface area contributed by atoms with Crippen molar-refractivity contribution in [3.63, 3.8) is 0 Å². The first-order valence-corrected chi connectivity index (χ1v) is 9.73. The minimum Gasteiger partial charge on any atom is -0.391 e. The van der Waals surface area contributed by atoms with Gasteiger partial charge in [0.25, 0.3) is 0 Å². The van der Waals surface area contributed by atoms with Gasteiger partial charge < -0.3 is 10.2 Å². The van der Waals surface area contributed by atoms with Gasteiger partial charge in [0.2, 0.25) is 0 Å². The van der Waals surface area contributed by atoms with Gasteiger partial charge in [-0.2, -0.15) is 13.2 Å². The van der Waals surface area contributed by atoms with Gasteiger partial charge in [0.1, 0.15) is 12.4 Å². The Balaban J connectivity index is 3.15. The zero-order valence-corrected chi connectivity index (χ0v) is 18.7. The van der Waals surface area contributed by atoms with Gasteiger partial charge in [-0.25, -0.2) is 15.0 Å². The van der Waals surface area contributed by atoms with Crippen molar-refractivity contribution < 1.29 is 27.2 Å². The molecule has 10 heteroatoms. The summed E-state index contributed by atoms with van der Waals surface area (Å²) in [5, 5.41) is 7.34. The van der Waals surface area contributed by atoms with Crippen LogP contribution in [-0.2, 0) is 4.84 Å². The number of amides is 2. The monoisotopic (exact) mass is 456 g/mol. The highest BCUT2D eigenvalue weighted by molar-refractivity contribution is 6.01. The van der Waals surface area contributed by atoms with Crippen molar-refractivity contribution in [1.29, 1.82) is 0 Å². The predicted molar refractivity (Wildman–Crippen MR) is 117 cm³/mol. The standard InChI is InChI=1S/C22H28F4N4O2/c1-6-10-18(22(24,25)26)20(23)16(7-2)15(4)29-32-13-17-14(3)11-8-9-12-19(17)28-21(31)30(5)27/h6-8,10-12H,9,13,27H2,1-5H3,(H,28,31)/b10-6-,16-7-,20-18-,29-15?. The van der Waals surface area contributed by atoms with E-state index in [1.807, 2.05) is 12.2 Å². The lowest BCUT2D eigenvalue weighted by molar-refractivity contribution is -0.0897. The summed E-state index contributed by atoms with van der Waals surface area (Å²) in [6.45, 7) is 5.80. The maximum atomic E-state index is 14.7. The van der Waals surface area contributed by atoms with Crippen molar-refractivity contribution in [2.24, 2.45) is 11.0 Å². The van der Waals surface area contributed by atoms with Crippen molar-refractivity contribution in [2.75, 3.05) is 13.7 Å². The van der Waals surface area contributed by atoms with Crippen LogP contribution in [0.15, 0.2) is 75.4 Å². The molecule has 2 amide bonds. The Morgan fingerprint density at radius 2 is 2.03 bits per heavy atom. The van der Waals surface area contributed by atoms with Gasteiger partial charge in [0.15, 0.2) is 0 Å². The number of urea groups is 1. The maximum absolute atomic E-state index is 14.7. The molecule has 0 bridgehead atoms. The van der Waals surface area contributed by atoms with E-state index in [-0.39, 0.29) is 17.9 Å². The summed E-state index contributed by atoms with van der Waals surface area (Å²) in [7, 11) is 1.38. The lowest BCUT2D eigenvalue weighted by Gasteiger charge is -2.17. The Morgan fingerprint density at radius 3 is 2.56 bits per heavy atom. The molecular formula is C22H28F4N4O2. The van der Waals surface area contributed by atoms with Crippen LogP contribution in [0.3, 0.4) is 0 Å². The molecule has 0 atom stereocenters. The van der Waals surface area contributed by atoms with E-state index in [1.54, 1.807) is 13.0 Å².